The Morgan fingerprint density at radius 3 is 2.42 bits per heavy atom. The summed E-state index contributed by atoms with van der Waals surface area (Å²) >= 11 is 7.60. The number of likely N-dealkylation sites (tertiary alicyclic amines) is 1. The molecule has 4 aromatic rings. The van der Waals surface area contributed by atoms with Crippen molar-refractivity contribution >= 4 is 91.4 Å². The van der Waals surface area contributed by atoms with E-state index in [9.17, 15) is 27.2 Å². The number of hydrogen-bond donors (Lipinski definition) is 3. The van der Waals surface area contributed by atoms with Crippen molar-refractivity contribution in [1.29, 1.82) is 0 Å². The molecule has 3 amide bonds. The van der Waals surface area contributed by atoms with Gasteiger partial charge in [-0.25, -0.2) is 22.8 Å². The minimum atomic E-state index is -3.92. The molecule has 20 heteroatoms. The predicted molar refractivity (Wildman–Crippen MR) is 233 cm³/mol. The molecular weight excluding hydrogens is 882 g/mol. The Balaban J connectivity index is 0.00000341. The lowest BCUT2D eigenvalue weighted by Crippen LogP contribution is -2.58. The highest BCUT2D eigenvalue weighted by Gasteiger charge is 2.62. The third-order valence-corrected chi connectivity index (χ3v) is 13.5. The van der Waals surface area contributed by atoms with Gasteiger partial charge in [-0.3, -0.25) is 19.1 Å². The van der Waals surface area contributed by atoms with Gasteiger partial charge in [0, 0.05) is 39.1 Å². The number of nitrogens with zero attached hydrogens (tertiary/aromatic N) is 3. The van der Waals surface area contributed by atoms with Crippen molar-refractivity contribution in [3.8, 4) is 28.6 Å². The molecule has 0 bridgehead atoms. The maximum Gasteiger partial charge on any atom is 0.259 e. The van der Waals surface area contributed by atoms with Crippen molar-refractivity contribution in [2.45, 2.75) is 75.4 Å². The van der Waals surface area contributed by atoms with E-state index in [0.717, 1.165) is 0 Å². The molecule has 2 aliphatic carbocycles. The molecule has 3 fully saturated rings. The number of ether oxygens (including phenoxy) is 3. The number of hydrogen-bond acceptors (Lipinski definition) is 12. The van der Waals surface area contributed by atoms with Crippen molar-refractivity contribution in [3.63, 3.8) is 0 Å². The number of anilines is 1. The number of aromatic nitrogens is 2. The quantitative estimate of drug-likeness (QED) is 0.117. The van der Waals surface area contributed by atoms with Crippen LogP contribution >= 0.6 is 47.8 Å². The van der Waals surface area contributed by atoms with Crippen LogP contribution in [0.4, 0.5) is 9.52 Å². The first kappa shape index (κ1) is 46.6. The Bertz CT molecular complexity index is 2410. The van der Waals surface area contributed by atoms with Crippen LogP contribution in [0.15, 0.2) is 60.6 Å². The Morgan fingerprint density at radius 2 is 1.80 bits per heavy atom. The molecule has 1 saturated heterocycles. The molecule has 3 heterocycles. The van der Waals surface area contributed by atoms with Crippen molar-refractivity contribution in [2.24, 2.45) is 11.3 Å². The van der Waals surface area contributed by atoms with Gasteiger partial charge in [0.25, 0.3) is 5.91 Å². The second-order valence-electron chi connectivity index (χ2n) is 15.8. The average molecular weight is 928 g/mol. The third kappa shape index (κ3) is 9.39. The number of nitrogens with one attached hydrogen (secondary N) is 3. The van der Waals surface area contributed by atoms with Gasteiger partial charge in [0.1, 0.15) is 29.5 Å². The van der Waals surface area contributed by atoms with Gasteiger partial charge in [-0.05, 0) is 61.1 Å². The molecule has 7 rings (SSSR count). The van der Waals surface area contributed by atoms with Crippen LogP contribution in [0.1, 0.15) is 46.5 Å². The number of carbonyl (C=O) groups excluding carboxylic acids is 3. The molecule has 1 aliphatic heterocycles. The molecule has 0 unspecified atom stereocenters. The first-order valence-corrected chi connectivity index (χ1v) is 21.4. The van der Waals surface area contributed by atoms with Gasteiger partial charge in [0.05, 0.1) is 37.9 Å². The average Bonchev–Trinajstić information content (AvgIpc) is 4.07. The Labute approximate surface area is 368 Å². The zero-order chi connectivity index (χ0) is 41.7. The van der Waals surface area contributed by atoms with Gasteiger partial charge < -0.3 is 29.7 Å². The SMILES string of the molecule is C=C[C@@H]1C[C@]1(NC(=O)[C@@H]1C[C@@H](Oc2ncc(OC)c3ccc(Cl)cc23)CN1C(=O)[C@@H](Nc1nc(-c2ccc(OC)c(F)c2)cs1)C(C)(C)C)C(=O)NS(=O)(=O)C1CC1.Cl.Cl. The number of amides is 3. The number of fused-ring (bicyclic) bond motifs is 1. The smallest absolute Gasteiger partial charge is 0.259 e. The summed E-state index contributed by atoms with van der Waals surface area (Å²) < 4.78 is 59.3. The molecule has 2 aromatic heterocycles. The van der Waals surface area contributed by atoms with Crippen LogP contribution in [0, 0.1) is 17.2 Å². The number of thiazole rings is 1. The molecule has 60 heavy (non-hydrogen) atoms. The number of sulfonamides is 1. The summed E-state index contributed by atoms with van der Waals surface area (Å²) in [7, 11) is -1.02. The number of pyridine rings is 1. The summed E-state index contributed by atoms with van der Waals surface area (Å²) in [6.07, 6.45) is 3.29. The fourth-order valence-corrected chi connectivity index (χ4v) is 9.49. The molecule has 3 N–H and O–H groups in total. The van der Waals surface area contributed by atoms with Crippen molar-refractivity contribution in [3.05, 3.63) is 71.5 Å². The van der Waals surface area contributed by atoms with Crippen LogP contribution < -0.4 is 29.6 Å². The Morgan fingerprint density at radius 1 is 1.08 bits per heavy atom. The summed E-state index contributed by atoms with van der Waals surface area (Å²) in [5.74, 6) is -2.24. The summed E-state index contributed by atoms with van der Waals surface area (Å²) in [5.41, 5.74) is -1.31. The number of carbonyl (C=O) groups is 3. The zero-order valence-corrected chi connectivity index (χ0v) is 37.3. The monoisotopic (exact) mass is 926 g/mol. The number of methoxy groups -OCH3 is 2. The van der Waals surface area contributed by atoms with Gasteiger partial charge in [-0.2, -0.15) is 0 Å². The molecule has 3 aliphatic rings. The summed E-state index contributed by atoms with van der Waals surface area (Å²) in [6, 6.07) is 7.60. The highest BCUT2D eigenvalue weighted by molar-refractivity contribution is 7.91. The molecule has 2 saturated carbocycles. The number of halogens is 4. The molecular formula is C40H46Cl3FN6O8S2. The lowest BCUT2D eigenvalue weighted by atomic mass is 9.85. The fraction of sp³-hybridized carbons (Fsp3) is 0.425. The number of rotatable bonds is 14. The molecule has 14 nitrogen and oxygen atoms in total. The lowest BCUT2D eigenvalue weighted by molar-refractivity contribution is -0.141. The largest absolute Gasteiger partial charge is 0.494 e. The first-order chi connectivity index (χ1) is 27.5. The van der Waals surface area contributed by atoms with Crippen molar-refractivity contribution in [2.75, 3.05) is 26.1 Å². The van der Waals surface area contributed by atoms with E-state index in [1.807, 2.05) is 20.8 Å². The van der Waals surface area contributed by atoms with E-state index in [2.05, 4.69) is 31.9 Å². The molecule has 5 atom stereocenters. The van der Waals surface area contributed by atoms with E-state index in [-0.39, 0.29) is 55.8 Å². The van der Waals surface area contributed by atoms with Crippen LogP contribution in [0.3, 0.4) is 0 Å². The van der Waals surface area contributed by atoms with Gasteiger partial charge in [0.2, 0.25) is 27.7 Å². The van der Waals surface area contributed by atoms with E-state index in [4.69, 9.17) is 25.8 Å². The van der Waals surface area contributed by atoms with E-state index >= 15 is 0 Å². The third-order valence-electron chi connectivity index (χ3n) is 10.7. The highest BCUT2D eigenvalue weighted by atomic mass is 35.5. The predicted octanol–water partition coefficient (Wildman–Crippen LogP) is 6.56. The highest BCUT2D eigenvalue weighted by Crippen LogP contribution is 2.46. The van der Waals surface area contributed by atoms with E-state index in [0.29, 0.717) is 50.8 Å². The maximum absolute atomic E-state index is 14.9. The zero-order valence-electron chi connectivity index (χ0n) is 33.3. The number of benzene rings is 2. The minimum Gasteiger partial charge on any atom is -0.494 e. The van der Waals surface area contributed by atoms with Crippen LogP contribution in [0.5, 0.6) is 17.4 Å². The topological polar surface area (TPSA) is 178 Å². The summed E-state index contributed by atoms with van der Waals surface area (Å²) in [6.45, 7) is 9.34. The Hall–Kier alpha value is -4.42. The Kier molecular flexibility index (Phi) is 13.9. The van der Waals surface area contributed by atoms with Crippen molar-refractivity contribution in [1.82, 2.24) is 24.9 Å². The van der Waals surface area contributed by atoms with E-state index < -0.39 is 73.9 Å². The van der Waals surface area contributed by atoms with Crippen LogP contribution in [0.25, 0.3) is 22.0 Å². The maximum atomic E-state index is 14.9. The van der Waals surface area contributed by atoms with Crippen LogP contribution in [-0.4, -0.2) is 90.7 Å². The van der Waals surface area contributed by atoms with Crippen molar-refractivity contribution < 1.29 is 41.4 Å². The first-order valence-electron chi connectivity index (χ1n) is 18.6. The molecule has 0 radical (unpaired) electrons. The van der Waals surface area contributed by atoms with E-state index in [1.165, 1.54) is 54.9 Å². The molecule has 2 aromatic carbocycles. The van der Waals surface area contributed by atoms with E-state index in [1.54, 1.807) is 29.6 Å². The standard InChI is InChI=1S/C40H44ClFN6O8S2.2ClH/c1-7-22-17-40(22,37(51)47-58(52,53)25-10-11-25)46-34(49)30-16-24(56-35-27-15-23(41)9-12-26(27)32(55-6)18-43-35)19-48(30)36(50)33(39(2,3)4)45-38-44-29(20-57-38)21-8-13-31(54-5)28(42)14-21;;/h7-9,12-15,18,20,22,24-25,30,33H,1,10-11,16-17,19H2,2-6H3,(H,44,45)(H,46,49)(H,47,51);2*1H/t22-,24-,30+,33-,40-;;/m1../s1. The van der Waals surface area contributed by atoms with Crippen LogP contribution in [-0.2, 0) is 24.4 Å². The second kappa shape index (κ2) is 17.9. The van der Waals surface area contributed by atoms with Gasteiger partial charge in [0.15, 0.2) is 16.7 Å². The minimum absolute atomic E-state index is 0. The summed E-state index contributed by atoms with van der Waals surface area (Å²) in [4.78, 5) is 53.4. The molecule has 0 spiro atoms. The normalized spacial score (nSPS) is 21.4. The summed E-state index contributed by atoms with van der Waals surface area (Å²) in [5, 5.41) is 9.23. The van der Waals surface area contributed by atoms with Gasteiger partial charge in [-0.1, -0.05) is 38.4 Å². The van der Waals surface area contributed by atoms with Gasteiger partial charge >= 0.3 is 0 Å². The molecule has 324 valence electrons. The second-order valence-corrected chi connectivity index (χ2v) is 19.1. The van der Waals surface area contributed by atoms with Crippen LogP contribution in [0.2, 0.25) is 5.02 Å². The fourth-order valence-electron chi connectivity index (χ4n) is 7.21. The lowest BCUT2D eigenvalue weighted by Gasteiger charge is -2.35. The van der Waals surface area contributed by atoms with Gasteiger partial charge in [-0.15, -0.1) is 42.7 Å².